The molecular formula is C26H33Cl3O7S. The molecule has 1 aliphatic rings. The molecule has 1 fully saturated rings. The number of halogens is 3. The number of ether oxygens (including phenoxy) is 1. The smallest absolute Gasteiger partial charge is 0.348 e. The van der Waals surface area contributed by atoms with Crippen LogP contribution in [0.1, 0.15) is 45.8 Å². The summed E-state index contributed by atoms with van der Waals surface area (Å²) >= 11 is 20.1. The van der Waals surface area contributed by atoms with E-state index >= 15 is 0 Å². The van der Waals surface area contributed by atoms with Gasteiger partial charge in [0.2, 0.25) is 0 Å². The third kappa shape index (κ3) is 8.78. The number of carbonyl (C=O) groups excluding carboxylic acids is 1. The Kier molecular flexibility index (Phi) is 11.9. The average molecular weight is 596 g/mol. The van der Waals surface area contributed by atoms with Crippen LogP contribution in [-0.2, 0) is 17.6 Å². The molecule has 5 N–H and O–H groups in total. The number of hydrogen-bond acceptors (Lipinski definition) is 8. The zero-order chi connectivity index (χ0) is 27.1. The van der Waals surface area contributed by atoms with E-state index in [1.165, 1.54) is 11.3 Å². The SMILES string of the molecule is O=C(OC[C@H](O)[C@H](O)[C@@H](O)CO)c1ccc(CCC[C@@H]2[C@@H](CCc3cc(Cl)cc(Cl)c3)[C@H](O)C[C@H]2Cl)s1. The highest BCUT2D eigenvalue weighted by molar-refractivity contribution is 7.13. The third-order valence-corrected chi connectivity index (χ3v) is 8.91. The lowest BCUT2D eigenvalue weighted by atomic mass is 9.85. The molecule has 1 aromatic heterocycles. The molecule has 1 saturated carbocycles. The molecule has 0 aliphatic heterocycles. The number of rotatable bonds is 13. The zero-order valence-electron chi connectivity index (χ0n) is 20.2. The molecule has 1 aromatic carbocycles. The number of alkyl halides is 1. The molecule has 3 rings (SSSR count). The number of aliphatic hydroxyl groups excluding tert-OH is 5. The van der Waals surface area contributed by atoms with Gasteiger partial charge in [-0.1, -0.05) is 23.2 Å². The van der Waals surface area contributed by atoms with Crippen LogP contribution in [0.3, 0.4) is 0 Å². The van der Waals surface area contributed by atoms with Gasteiger partial charge in [-0.25, -0.2) is 4.79 Å². The summed E-state index contributed by atoms with van der Waals surface area (Å²) in [5.74, 6) is -0.375. The van der Waals surface area contributed by atoms with E-state index in [0.29, 0.717) is 21.3 Å². The van der Waals surface area contributed by atoms with Crippen molar-refractivity contribution in [2.75, 3.05) is 13.2 Å². The van der Waals surface area contributed by atoms with Crippen molar-refractivity contribution in [1.82, 2.24) is 0 Å². The van der Waals surface area contributed by atoms with E-state index in [1.54, 1.807) is 12.1 Å². The molecule has 2 aromatic rings. The highest BCUT2D eigenvalue weighted by Crippen LogP contribution is 2.42. The van der Waals surface area contributed by atoms with Crippen molar-refractivity contribution in [3.05, 3.63) is 55.7 Å². The van der Waals surface area contributed by atoms with Crippen LogP contribution >= 0.6 is 46.1 Å². The zero-order valence-corrected chi connectivity index (χ0v) is 23.3. The molecule has 206 valence electrons. The number of thiophene rings is 1. The number of esters is 1. The lowest BCUT2D eigenvalue weighted by molar-refractivity contribution is -0.0925. The predicted molar refractivity (Wildman–Crippen MR) is 145 cm³/mol. The molecule has 0 spiro atoms. The summed E-state index contributed by atoms with van der Waals surface area (Å²) < 4.78 is 5.03. The normalized spacial score (nSPS) is 24.1. The average Bonchev–Trinajstić information content (AvgIpc) is 3.43. The van der Waals surface area contributed by atoms with E-state index in [-0.39, 0.29) is 17.2 Å². The molecule has 0 unspecified atom stereocenters. The second kappa shape index (κ2) is 14.4. The molecule has 0 bridgehead atoms. The van der Waals surface area contributed by atoms with Gasteiger partial charge in [0.05, 0.1) is 12.7 Å². The van der Waals surface area contributed by atoms with Crippen molar-refractivity contribution in [3.63, 3.8) is 0 Å². The van der Waals surface area contributed by atoms with Crippen LogP contribution in [0, 0.1) is 11.8 Å². The van der Waals surface area contributed by atoms with E-state index in [1.807, 2.05) is 18.2 Å². The lowest BCUT2D eigenvalue weighted by Gasteiger charge is -2.23. The van der Waals surface area contributed by atoms with E-state index in [2.05, 4.69) is 0 Å². The Morgan fingerprint density at radius 2 is 1.73 bits per heavy atom. The number of aryl methyl sites for hydroxylation is 2. The molecule has 1 heterocycles. The summed E-state index contributed by atoms with van der Waals surface area (Å²) in [6.45, 7) is -1.23. The summed E-state index contributed by atoms with van der Waals surface area (Å²) in [7, 11) is 0. The van der Waals surface area contributed by atoms with Gasteiger partial charge < -0.3 is 30.3 Å². The third-order valence-electron chi connectivity index (χ3n) is 6.85. The van der Waals surface area contributed by atoms with Crippen molar-refractivity contribution in [2.24, 2.45) is 11.8 Å². The topological polar surface area (TPSA) is 127 Å². The van der Waals surface area contributed by atoms with Gasteiger partial charge in [0.1, 0.15) is 29.8 Å². The van der Waals surface area contributed by atoms with Gasteiger partial charge in [0.25, 0.3) is 0 Å². The fourth-order valence-corrected chi connectivity index (χ4v) is 6.86. The number of carbonyl (C=O) groups is 1. The monoisotopic (exact) mass is 594 g/mol. The van der Waals surface area contributed by atoms with Gasteiger partial charge in [-0.15, -0.1) is 22.9 Å². The van der Waals surface area contributed by atoms with Crippen LogP contribution in [0.15, 0.2) is 30.3 Å². The van der Waals surface area contributed by atoms with Gasteiger partial charge in [0.15, 0.2) is 0 Å². The van der Waals surface area contributed by atoms with Crippen molar-refractivity contribution >= 4 is 52.1 Å². The fraction of sp³-hybridized carbons (Fsp3) is 0.577. The van der Waals surface area contributed by atoms with E-state index in [9.17, 15) is 25.2 Å². The van der Waals surface area contributed by atoms with Crippen molar-refractivity contribution in [1.29, 1.82) is 0 Å². The molecule has 0 radical (unpaired) electrons. The minimum Gasteiger partial charge on any atom is -0.459 e. The van der Waals surface area contributed by atoms with Crippen molar-refractivity contribution in [3.8, 4) is 0 Å². The first kappa shape index (κ1) is 30.6. The second-order valence-corrected chi connectivity index (χ2v) is 12.1. The molecular weight excluding hydrogens is 563 g/mol. The lowest BCUT2D eigenvalue weighted by Crippen LogP contribution is -2.42. The first-order valence-corrected chi connectivity index (χ1v) is 14.3. The van der Waals surface area contributed by atoms with Crippen LogP contribution in [0.25, 0.3) is 0 Å². The summed E-state index contributed by atoms with van der Waals surface area (Å²) in [6, 6.07) is 8.98. The van der Waals surface area contributed by atoms with E-state index in [4.69, 9.17) is 44.6 Å². The van der Waals surface area contributed by atoms with Crippen LogP contribution in [-0.4, -0.2) is 74.5 Å². The molecule has 11 heteroatoms. The number of benzene rings is 1. The molecule has 7 nitrogen and oxygen atoms in total. The second-order valence-electron chi connectivity index (χ2n) is 9.53. The maximum Gasteiger partial charge on any atom is 0.348 e. The first-order chi connectivity index (χ1) is 17.6. The Labute approximate surface area is 235 Å². The molecule has 0 saturated heterocycles. The van der Waals surface area contributed by atoms with Gasteiger partial charge in [-0.3, -0.25) is 0 Å². The molecule has 37 heavy (non-hydrogen) atoms. The molecule has 1 aliphatic carbocycles. The van der Waals surface area contributed by atoms with Crippen molar-refractivity contribution in [2.45, 2.75) is 68.3 Å². The summed E-state index contributed by atoms with van der Waals surface area (Å²) in [5.41, 5.74) is 1.03. The van der Waals surface area contributed by atoms with Crippen LogP contribution < -0.4 is 0 Å². The van der Waals surface area contributed by atoms with Crippen LogP contribution in [0.5, 0.6) is 0 Å². The Hall–Kier alpha value is -0.940. The van der Waals surface area contributed by atoms with Crippen LogP contribution in [0.4, 0.5) is 0 Å². The predicted octanol–water partition coefficient (Wildman–Crippen LogP) is 3.85. The maximum absolute atomic E-state index is 12.3. The fourth-order valence-electron chi connectivity index (χ4n) is 4.85. The van der Waals surface area contributed by atoms with E-state index in [0.717, 1.165) is 42.5 Å². The van der Waals surface area contributed by atoms with Gasteiger partial charge in [-0.2, -0.15) is 0 Å². The Balaban J connectivity index is 1.47. The van der Waals surface area contributed by atoms with Gasteiger partial charge >= 0.3 is 5.97 Å². The van der Waals surface area contributed by atoms with Gasteiger partial charge in [0, 0.05) is 20.3 Å². The standard InChI is InChI=1S/C26H33Cl3O7S/c27-15-8-14(9-16(28)10-15)4-6-19-18(20(29)11-21(19)31)3-1-2-17-5-7-24(37-17)26(35)36-13-23(33)25(34)22(32)12-30/h5,7-10,18-23,25,30-34H,1-4,6,11-13H2/t18-,19-,20-,21-,22+,23+,25-/m1/s1. The largest absolute Gasteiger partial charge is 0.459 e. The minimum absolute atomic E-state index is 0.0836. The highest BCUT2D eigenvalue weighted by atomic mass is 35.5. The quantitative estimate of drug-likeness (QED) is 0.176. The van der Waals surface area contributed by atoms with Crippen LogP contribution in [0.2, 0.25) is 10.0 Å². The van der Waals surface area contributed by atoms with E-state index < -0.39 is 43.6 Å². The maximum atomic E-state index is 12.3. The first-order valence-electron chi connectivity index (χ1n) is 12.3. The summed E-state index contributed by atoms with van der Waals surface area (Å²) in [4.78, 5) is 13.6. The molecule has 0 amide bonds. The summed E-state index contributed by atoms with van der Waals surface area (Å²) in [6.07, 6.45) is -0.557. The minimum atomic E-state index is -1.62. The van der Waals surface area contributed by atoms with Gasteiger partial charge in [-0.05, 0) is 86.3 Å². The Morgan fingerprint density at radius 3 is 2.41 bits per heavy atom. The number of aliphatic hydroxyl groups is 5. The Morgan fingerprint density at radius 1 is 1.03 bits per heavy atom. The number of hydrogen-bond donors (Lipinski definition) is 5. The summed E-state index contributed by atoms with van der Waals surface area (Å²) in [5, 5.41) is 49.3. The highest BCUT2D eigenvalue weighted by Gasteiger charge is 2.40. The van der Waals surface area contributed by atoms with Crippen molar-refractivity contribution < 1.29 is 35.1 Å². The Bertz CT molecular complexity index is 1000. The molecule has 7 atom stereocenters.